The normalized spacial score (nSPS) is 13.2. The highest BCUT2D eigenvalue weighted by molar-refractivity contribution is 5.96. The van der Waals surface area contributed by atoms with Gasteiger partial charge in [0.05, 0.1) is 19.2 Å². The molecule has 0 aliphatic carbocycles. The minimum absolute atomic E-state index is 0.173. The van der Waals surface area contributed by atoms with Gasteiger partial charge in [-0.2, -0.15) is 0 Å². The Morgan fingerprint density at radius 2 is 1.70 bits per heavy atom. The number of nitrogens with one attached hydrogen (secondary N) is 1. The fourth-order valence-electron chi connectivity index (χ4n) is 2.66. The maximum absolute atomic E-state index is 12.5. The number of amides is 1. The molecule has 2 rings (SSSR count). The molecule has 2 aromatic carbocycles. The summed E-state index contributed by atoms with van der Waals surface area (Å²) < 4.78 is 11.0. The number of hydrogen-bond donors (Lipinski definition) is 1. The van der Waals surface area contributed by atoms with Crippen LogP contribution in [0, 0.1) is 0 Å². The Hall–Kier alpha value is -2.33. The van der Waals surface area contributed by atoms with Gasteiger partial charge in [0.25, 0.3) is 5.91 Å². The lowest BCUT2D eigenvalue weighted by Crippen LogP contribution is -2.42. The minimum Gasteiger partial charge on any atom is -0.496 e. The first-order valence-corrected chi connectivity index (χ1v) is 7.68. The van der Waals surface area contributed by atoms with Gasteiger partial charge in [0.2, 0.25) is 0 Å². The van der Waals surface area contributed by atoms with E-state index in [1.165, 1.54) is 0 Å². The summed E-state index contributed by atoms with van der Waals surface area (Å²) in [7, 11) is 3.23. The number of carbonyl (C=O) groups is 1. The van der Waals surface area contributed by atoms with Gasteiger partial charge in [0.15, 0.2) is 0 Å². The van der Waals surface area contributed by atoms with Crippen molar-refractivity contribution in [2.75, 3.05) is 20.8 Å². The van der Waals surface area contributed by atoms with E-state index in [2.05, 4.69) is 5.32 Å². The van der Waals surface area contributed by atoms with Crippen molar-refractivity contribution in [3.8, 4) is 5.75 Å². The summed E-state index contributed by atoms with van der Waals surface area (Å²) in [5.74, 6) is 0.387. The van der Waals surface area contributed by atoms with E-state index in [0.29, 0.717) is 17.9 Å². The van der Waals surface area contributed by atoms with Crippen molar-refractivity contribution in [1.82, 2.24) is 5.32 Å². The van der Waals surface area contributed by atoms with E-state index in [4.69, 9.17) is 9.47 Å². The first kappa shape index (κ1) is 17.0. The van der Waals surface area contributed by atoms with Crippen LogP contribution in [0.5, 0.6) is 5.75 Å². The molecule has 0 bridgehead atoms. The van der Waals surface area contributed by atoms with Crippen molar-refractivity contribution in [3.63, 3.8) is 0 Å². The summed E-state index contributed by atoms with van der Waals surface area (Å²) in [5, 5.41) is 2.97. The largest absolute Gasteiger partial charge is 0.496 e. The highest BCUT2D eigenvalue weighted by Gasteiger charge is 2.30. The van der Waals surface area contributed by atoms with Gasteiger partial charge in [-0.1, -0.05) is 49.4 Å². The molecule has 0 saturated carbocycles. The topological polar surface area (TPSA) is 47.6 Å². The molecule has 1 amide bonds. The zero-order chi connectivity index (χ0) is 16.7. The van der Waals surface area contributed by atoms with Crippen molar-refractivity contribution >= 4 is 5.91 Å². The summed E-state index contributed by atoms with van der Waals surface area (Å²) >= 11 is 0. The zero-order valence-electron chi connectivity index (χ0n) is 13.8. The van der Waals surface area contributed by atoms with E-state index in [-0.39, 0.29) is 5.91 Å². The van der Waals surface area contributed by atoms with Crippen LogP contribution in [0.3, 0.4) is 0 Å². The van der Waals surface area contributed by atoms with Crippen LogP contribution < -0.4 is 10.1 Å². The zero-order valence-corrected chi connectivity index (χ0v) is 13.8. The molecule has 0 saturated heterocycles. The van der Waals surface area contributed by atoms with E-state index >= 15 is 0 Å². The maximum atomic E-state index is 12.5. The van der Waals surface area contributed by atoms with Crippen molar-refractivity contribution in [1.29, 1.82) is 0 Å². The predicted molar refractivity (Wildman–Crippen MR) is 90.7 cm³/mol. The average Bonchev–Trinajstić information content (AvgIpc) is 2.63. The molecule has 0 spiro atoms. The quantitative estimate of drug-likeness (QED) is 0.852. The number of methoxy groups -OCH3 is 2. The monoisotopic (exact) mass is 313 g/mol. The number of benzene rings is 2. The van der Waals surface area contributed by atoms with Crippen LogP contribution in [0.15, 0.2) is 54.6 Å². The van der Waals surface area contributed by atoms with E-state index in [1.807, 2.05) is 49.4 Å². The van der Waals surface area contributed by atoms with Crippen molar-refractivity contribution in [2.24, 2.45) is 0 Å². The summed E-state index contributed by atoms with van der Waals surface area (Å²) in [5.41, 5.74) is 1.02. The van der Waals surface area contributed by atoms with Crippen LogP contribution in [-0.2, 0) is 10.3 Å². The molecule has 4 heteroatoms. The molecule has 23 heavy (non-hydrogen) atoms. The van der Waals surface area contributed by atoms with Gasteiger partial charge in [0.1, 0.15) is 11.4 Å². The highest BCUT2D eigenvalue weighted by Crippen LogP contribution is 2.28. The molecular formula is C19H23NO3. The van der Waals surface area contributed by atoms with Crippen LogP contribution >= 0.6 is 0 Å². The third-order valence-electron chi connectivity index (χ3n) is 4.15. The van der Waals surface area contributed by atoms with Gasteiger partial charge in [-0.15, -0.1) is 0 Å². The first-order chi connectivity index (χ1) is 11.2. The summed E-state index contributed by atoms with van der Waals surface area (Å²) in [6.45, 7) is 2.44. The van der Waals surface area contributed by atoms with E-state index < -0.39 is 5.60 Å². The SMILES string of the molecule is CCC(CNC(=O)c1ccccc1OC)(OC)c1ccccc1. The van der Waals surface area contributed by atoms with Crippen LogP contribution in [0.25, 0.3) is 0 Å². The highest BCUT2D eigenvalue weighted by atomic mass is 16.5. The minimum atomic E-state index is -0.543. The Bertz CT molecular complexity index is 636. The first-order valence-electron chi connectivity index (χ1n) is 7.68. The van der Waals surface area contributed by atoms with Gasteiger partial charge < -0.3 is 14.8 Å². The van der Waals surface area contributed by atoms with Crippen LogP contribution in [0.4, 0.5) is 0 Å². The standard InChI is InChI=1S/C19H23NO3/c1-4-19(23-3,15-10-6-5-7-11-15)14-20-18(21)16-12-8-9-13-17(16)22-2/h5-13H,4,14H2,1-3H3,(H,20,21). The van der Waals surface area contributed by atoms with Gasteiger partial charge in [-0.25, -0.2) is 0 Å². The molecular weight excluding hydrogens is 290 g/mol. The third kappa shape index (κ3) is 3.71. The molecule has 1 atom stereocenters. The smallest absolute Gasteiger partial charge is 0.255 e. The third-order valence-corrected chi connectivity index (χ3v) is 4.15. The molecule has 0 fully saturated rings. The second kappa shape index (κ2) is 7.79. The molecule has 0 heterocycles. The second-order valence-corrected chi connectivity index (χ2v) is 5.30. The lowest BCUT2D eigenvalue weighted by atomic mass is 9.90. The van der Waals surface area contributed by atoms with E-state index in [1.54, 1.807) is 26.4 Å². The van der Waals surface area contributed by atoms with Gasteiger partial charge >= 0.3 is 0 Å². The van der Waals surface area contributed by atoms with Crippen LogP contribution in [0.2, 0.25) is 0 Å². The van der Waals surface area contributed by atoms with Crippen LogP contribution in [0.1, 0.15) is 29.3 Å². The Labute approximate surface area is 137 Å². The van der Waals surface area contributed by atoms with E-state index in [0.717, 1.165) is 12.0 Å². The number of rotatable bonds is 7. The van der Waals surface area contributed by atoms with Crippen molar-refractivity contribution < 1.29 is 14.3 Å². The number of ether oxygens (including phenoxy) is 2. The Kier molecular flexibility index (Phi) is 5.77. The molecule has 0 aliphatic heterocycles. The lowest BCUT2D eigenvalue weighted by molar-refractivity contribution is -0.0164. The Balaban J connectivity index is 2.18. The summed E-state index contributed by atoms with van der Waals surface area (Å²) in [4.78, 5) is 12.5. The fraction of sp³-hybridized carbons (Fsp3) is 0.316. The fourth-order valence-corrected chi connectivity index (χ4v) is 2.66. The van der Waals surface area contributed by atoms with Gasteiger partial charge in [-0.05, 0) is 24.1 Å². The van der Waals surface area contributed by atoms with Crippen LogP contribution in [-0.4, -0.2) is 26.7 Å². The summed E-state index contributed by atoms with van der Waals surface area (Å²) in [6, 6.07) is 17.1. The number of carbonyl (C=O) groups excluding carboxylic acids is 1. The number of para-hydroxylation sites is 1. The molecule has 2 aromatic rings. The molecule has 1 unspecified atom stereocenters. The molecule has 0 radical (unpaired) electrons. The maximum Gasteiger partial charge on any atom is 0.255 e. The Morgan fingerprint density at radius 1 is 1.04 bits per heavy atom. The average molecular weight is 313 g/mol. The predicted octanol–water partition coefficient (Wildman–Crippen LogP) is 3.38. The number of hydrogen-bond acceptors (Lipinski definition) is 3. The molecule has 122 valence electrons. The lowest BCUT2D eigenvalue weighted by Gasteiger charge is -2.32. The summed E-state index contributed by atoms with van der Waals surface area (Å²) in [6.07, 6.45) is 0.750. The van der Waals surface area contributed by atoms with Crippen molar-refractivity contribution in [2.45, 2.75) is 18.9 Å². The molecule has 0 aliphatic rings. The molecule has 1 N–H and O–H groups in total. The molecule has 4 nitrogen and oxygen atoms in total. The van der Waals surface area contributed by atoms with Crippen molar-refractivity contribution in [3.05, 3.63) is 65.7 Å². The Morgan fingerprint density at radius 3 is 2.30 bits per heavy atom. The van der Waals surface area contributed by atoms with Gasteiger partial charge in [-0.3, -0.25) is 4.79 Å². The second-order valence-electron chi connectivity index (χ2n) is 5.30. The van der Waals surface area contributed by atoms with Gasteiger partial charge in [0, 0.05) is 7.11 Å². The molecule has 0 aromatic heterocycles. The van der Waals surface area contributed by atoms with E-state index in [9.17, 15) is 4.79 Å².